The van der Waals surface area contributed by atoms with E-state index in [1.165, 1.54) is 0 Å². The molecular weight excluding hydrogens is 156 g/mol. The second kappa shape index (κ2) is 4.52. The van der Waals surface area contributed by atoms with E-state index in [1.807, 2.05) is 0 Å². The number of alkyl halides is 1. The van der Waals surface area contributed by atoms with Crippen LogP contribution in [0.25, 0.3) is 0 Å². The molecule has 4 heteroatoms. The first-order chi connectivity index (χ1) is 4.57. The quantitative estimate of drug-likeness (QED) is 0.572. The zero-order chi connectivity index (χ0) is 8.15. The van der Waals surface area contributed by atoms with Crippen molar-refractivity contribution >= 4 is 17.6 Å². The summed E-state index contributed by atoms with van der Waals surface area (Å²) in [7, 11) is 0. The van der Waals surface area contributed by atoms with E-state index >= 15 is 0 Å². The number of carbonyl (C=O) groups excluding carboxylic acids is 1. The second-order valence-corrected chi connectivity index (χ2v) is 2.63. The number of hydrogen-bond acceptors (Lipinski definition) is 3. The van der Waals surface area contributed by atoms with Crippen molar-refractivity contribution < 1.29 is 15.0 Å². The lowest BCUT2D eigenvalue weighted by atomic mass is 10.1. The lowest BCUT2D eigenvalue weighted by Crippen LogP contribution is -2.31. The molecule has 0 amide bonds. The van der Waals surface area contributed by atoms with Crippen LogP contribution >= 0.6 is 11.6 Å². The van der Waals surface area contributed by atoms with Gasteiger partial charge in [0.15, 0.2) is 0 Å². The lowest BCUT2D eigenvalue weighted by molar-refractivity contribution is -0.307. The molecule has 0 rings (SSSR count). The maximum absolute atomic E-state index is 9.90. The summed E-state index contributed by atoms with van der Waals surface area (Å²) in [4.78, 5) is 9.90. The van der Waals surface area contributed by atoms with E-state index in [0.29, 0.717) is 6.42 Å². The molecule has 0 fully saturated rings. The molecule has 0 aromatic rings. The summed E-state index contributed by atoms with van der Waals surface area (Å²) in [5.41, 5.74) is 0. The lowest BCUT2D eigenvalue weighted by Gasteiger charge is -2.14. The molecule has 0 radical (unpaired) electrons. The highest BCUT2D eigenvalue weighted by atomic mass is 35.5. The van der Waals surface area contributed by atoms with E-state index in [0.717, 1.165) is 0 Å². The number of carbonyl (C=O) groups is 1. The summed E-state index contributed by atoms with van der Waals surface area (Å²) in [6.45, 7) is 1.77. The Morgan fingerprint density at radius 1 is 1.80 bits per heavy atom. The van der Waals surface area contributed by atoms with Gasteiger partial charge in [-0.3, -0.25) is 0 Å². The van der Waals surface area contributed by atoms with Crippen molar-refractivity contribution in [3.63, 3.8) is 0 Å². The fourth-order valence-corrected chi connectivity index (χ4v) is 0.660. The van der Waals surface area contributed by atoms with Crippen molar-refractivity contribution in [3.8, 4) is 0 Å². The minimum atomic E-state index is -1.27. The van der Waals surface area contributed by atoms with Crippen LogP contribution in [0.1, 0.15) is 19.8 Å². The Hall–Kier alpha value is -0.280. The molecule has 0 saturated carbocycles. The maximum Gasteiger partial charge on any atom is 0.0755 e. The van der Waals surface area contributed by atoms with Gasteiger partial charge in [0, 0.05) is 12.4 Å². The monoisotopic (exact) mass is 165 g/mol. The Bertz CT molecular complexity index is 116. The van der Waals surface area contributed by atoms with Crippen LogP contribution in [0.3, 0.4) is 0 Å². The van der Waals surface area contributed by atoms with E-state index in [9.17, 15) is 9.90 Å². The summed E-state index contributed by atoms with van der Waals surface area (Å²) >= 11 is 5.52. The summed E-state index contributed by atoms with van der Waals surface area (Å²) in [5.74, 6) is -1.27. The standard InChI is InChI=1S/C6H11ClO3/c1-2-4(7)5(8)3-6(9)10/h4-5,8H,2-3H2,1H3,(H,9,10)/p-1. The van der Waals surface area contributed by atoms with E-state index in [4.69, 9.17) is 16.7 Å². The summed E-state index contributed by atoms with van der Waals surface area (Å²) in [6.07, 6.45) is -0.825. The molecule has 0 aliphatic heterocycles. The molecule has 60 valence electrons. The Morgan fingerprint density at radius 2 is 2.30 bits per heavy atom. The van der Waals surface area contributed by atoms with Gasteiger partial charge in [-0.1, -0.05) is 6.92 Å². The van der Waals surface area contributed by atoms with Crippen LogP contribution in [0.4, 0.5) is 0 Å². The van der Waals surface area contributed by atoms with Crippen LogP contribution in [-0.4, -0.2) is 22.6 Å². The first-order valence-electron chi connectivity index (χ1n) is 3.10. The summed E-state index contributed by atoms with van der Waals surface area (Å²) in [6, 6.07) is 0. The van der Waals surface area contributed by atoms with E-state index < -0.39 is 17.5 Å². The predicted octanol–water partition coefficient (Wildman–Crippen LogP) is -0.495. The number of carboxylic acid groups (broad SMARTS) is 1. The van der Waals surface area contributed by atoms with Gasteiger partial charge in [-0.2, -0.15) is 0 Å². The average Bonchev–Trinajstić information content (AvgIpc) is 1.85. The number of rotatable bonds is 4. The van der Waals surface area contributed by atoms with Crippen molar-refractivity contribution in [2.75, 3.05) is 0 Å². The van der Waals surface area contributed by atoms with Crippen LogP contribution in [0, 0.1) is 0 Å². The molecule has 2 atom stereocenters. The zero-order valence-electron chi connectivity index (χ0n) is 5.71. The number of halogens is 1. The van der Waals surface area contributed by atoms with Gasteiger partial charge in [0.1, 0.15) is 0 Å². The maximum atomic E-state index is 9.90. The van der Waals surface area contributed by atoms with Crippen molar-refractivity contribution in [2.24, 2.45) is 0 Å². The molecule has 0 aliphatic rings. The van der Waals surface area contributed by atoms with Gasteiger partial charge < -0.3 is 15.0 Å². The summed E-state index contributed by atoms with van der Waals surface area (Å²) in [5, 5.41) is 18.3. The van der Waals surface area contributed by atoms with Crippen LogP contribution in [0.2, 0.25) is 0 Å². The van der Waals surface area contributed by atoms with E-state index in [-0.39, 0.29) is 6.42 Å². The molecule has 0 aromatic carbocycles. The first-order valence-corrected chi connectivity index (χ1v) is 3.53. The third kappa shape index (κ3) is 3.69. The van der Waals surface area contributed by atoms with Crippen molar-refractivity contribution in [1.82, 2.24) is 0 Å². The van der Waals surface area contributed by atoms with Crippen LogP contribution in [0.5, 0.6) is 0 Å². The van der Waals surface area contributed by atoms with Crippen molar-refractivity contribution in [3.05, 3.63) is 0 Å². The first kappa shape index (κ1) is 9.72. The van der Waals surface area contributed by atoms with Gasteiger partial charge in [-0.15, -0.1) is 11.6 Å². The summed E-state index contributed by atoms with van der Waals surface area (Å²) < 4.78 is 0. The van der Waals surface area contributed by atoms with Crippen LogP contribution in [0.15, 0.2) is 0 Å². The zero-order valence-corrected chi connectivity index (χ0v) is 6.47. The van der Waals surface area contributed by atoms with E-state index in [2.05, 4.69) is 0 Å². The number of carboxylic acids is 1. The molecule has 10 heavy (non-hydrogen) atoms. The highest BCUT2D eigenvalue weighted by Crippen LogP contribution is 2.09. The number of aliphatic carboxylic acids is 1. The highest BCUT2D eigenvalue weighted by Gasteiger charge is 2.13. The Balaban J connectivity index is 3.61. The fourth-order valence-electron chi connectivity index (χ4n) is 0.571. The van der Waals surface area contributed by atoms with Gasteiger partial charge in [0.2, 0.25) is 0 Å². The predicted molar refractivity (Wildman–Crippen MR) is 35.6 cm³/mol. The third-order valence-electron chi connectivity index (χ3n) is 1.18. The van der Waals surface area contributed by atoms with Gasteiger partial charge >= 0.3 is 0 Å². The second-order valence-electron chi connectivity index (χ2n) is 2.07. The molecule has 2 unspecified atom stereocenters. The Morgan fingerprint density at radius 3 is 2.60 bits per heavy atom. The number of aliphatic hydroxyl groups is 1. The normalized spacial score (nSPS) is 16.3. The Labute approximate surface area is 64.6 Å². The molecule has 1 N–H and O–H groups in total. The molecular formula is C6H10ClO3-. The highest BCUT2D eigenvalue weighted by molar-refractivity contribution is 6.21. The largest absolute Gasteiger partial charge is 0.550 e. The number of aliphatic hydroxyl groups excluding tert-OH is 1. The van der Waals surface area contributed by atoms with E-state index in [1.54, 1.807) is 6.92 Å². The van der Waals surface area contributed by atoms with Crippen LogP contribution in [-0.2, 0) is 4.79 Å². The molecule has 0 aromatic heterocycles. The van der Waals surface area contributed by atoms with Crippen molar-refractivity contribution in [2.45, 2.75) is 31.2 Å². The minimum Gasteiger partial charge on any atom is -0.550 e. The molecule has 0 saturated heterocycles. The van der Waals surface area contributed by atoms with Gasteiger partial charge in [0.25, 0.3) is 0 Å². The number of hydrogen-bond donors (Lipinski definition) is 1. The van der Waals surface area contributed by atoms with Crippen molar-refractivity contribution in [1.29, 1.82) is 0 Å². The average molecular weight is 166 g/mol. The topological polar surface area (TPSA) is 60.4 Å². The fraction of sp³-hybridized carbons (Fsp3) is 0.833. The molecule has 0 spiro atoms. The molecule has 0 aliphatic carbocycles. The Kier molecular flexibility index (Phi) is 4.40. The minimum absolute atomic E-state index is 0.387. The third-order valence-corrected chi connectivity index (χ3v) is 1.78. The molecule has 0 bridgehead atoms. The van der Waals surface area contributed by atoms with Gasteiger partial charge in [0.05, 0.1) is 11.5 Å². The van der Waals surface area contributed by atoms with Gasteiger partial charge in [-0.05, 0) is 6.42 Å². The molecule has 3 nitrogen and oxygen atoms in total. The SMILES string of the molecule is CCC(Cl)C(O)CC(=O)[O-]. The molecule has 0 heterocycles. The van der Waals surface area contributed by atoms with Crippen LogP contribution < -0.4 is 5.11 Å². The smallest absolute Gasteiger partial charge is 0.0755 e. The van der Waals surface area contributed by atoms with Gasteiger partial charge in [-0.25, -0.2) is 0 Å².